The lowest BCUT2D eigenvalue weighted by Crippen LogP contribution is -2.46. The number of rotatable bonds is 4. The van der Waals surface area contributed by atoms with Crippen molar-refractivity contribution in [3.63, 3.8) is 0 Å². The predicted molar refractivity (Wildman–Crippen MR) is 94.3 cm³/mol. The number of likely N-dealkylation sites (tertiary alicyclic amines) is 2. The van der Waals surface area contributed by atoms with E-state index < -0.39 is 0 Å². The maximum absolute atomic E-state index is 12.4. The summed E-state index contributed by atoms with van der Waals surface area (Å²) in [6.07, 6.45) is 5.97. The van der Waals surface area contributed by atoms with E-state index in [2.05, 4.69) is 47.1 Å². The van der Waals surface area contributed by atoms with Gasteiger partial charge >= 0.3 is 0 Å². The van der Waals surface area contributed by atoms with Gasteiger partial charge in [-0.2, -0.15) is 0 Å². The van der Waals surface area contributed by atoms with Crippen LogP contribution in [0.1, 0.15) is 38.2 Å². The van der Waals surface area contributed by atoms with Crippen molar-refractivity contribution >= 4 is 5.91 Å². The summed E-state index contributed by atoms with van der Waals surface area (Å²) in [5.74, 6) is 1.91. The Morgan fingerprint density at radius 2 is 1.65 bits per heavy atom. The van der Waals surface area contributed by atoms with Crippen LogP contribution >= 0.6 is 0 Å². The van der Waals surface area contributed by atoms with Crippen LogP contribution < -0.4 is 0 Å². The van der Waals surface area contributed by atoms with Crippen molar-refractivity contribution < 1.29 is 4.79 Å². The normalized spacial score (nSPS) is 21.5. The minimum atomic E-state index is 0.346. The van der Waals surface area contributed by atoms with Crippen molar-refractivity contribution in [1.29, 1.82) is 0 Å². The molecule has 23 heavy (non-hydrogen) atoms. The third-order valence-corrected chi connectivity index (χ3v) is 5.57. The summed E-state index contributed by atoms with van der Waals surface area (Å²) >= 11 is 0. The maximum atomic E-state index is 12.4. The molecule has 1 aromatic rings. The van der Waals surface area contributed by atoms with Gasteiger partial charge in [-0.15, -0.1) is 0 Å². The van der Waals surface area contributed by atoms with Gasteiger partial charge in [0.15, 0.2) is 0 Å². The molecular weight excluding hydrogens is 284 g/mol. The molecule has 126 valence electrons. The minimum Gasteiger partial charge on any atom is -0.342 e. The number of hydrogen-bond donors (Lipinski definition) is 0. The highest BCUT2D eigenvalue weighted by atomic mass is 16.2. The van der Waals surface area contributed by atoms with Crippen LogP contribution in [0.2, 0.25) is 0 Å². The minimum absolute atomic E-state index is 0.346. The molecule has 3 nitrogen and oxygen atoms in total. The molecule has 0 aliphatic carbocycles. The van der Waals surface area contributed by atoms with Crippen LogP contribution in [0.15, 0.2) is 30.3 Å². The van der Waals surface area contributed by atoms with E-state index in [0.717, 1.165) is 38.0 Å². The standard InChI is InChI=1S/C20H30N2O/c1-17-7-13-22(14-8-17)20(23)16-21-11-9-19(10-12-21)15-18-5-3-2-4-6-18/h2-6,17,19H,7-16H2,1H3. The van der Waals surface area contributed by atoms with Crippen molar-refractivity contribution in [3.8, 4) is 0 Å². The molecule has 0 saturated carbocycles. The zero-order valence-electron chi connectivity index (χ0n) is 14.4. The van der Waals surface area contributed by atoms with Gasteiger partial charge in [0.1, 0.15) is 0 Å². The molecule has 1 amide bonds. The molecule has 0 N–H and O–H groups in total. The highest BCUT2D eigenvalue weighted by molar-refractivity contribution is 5.78. The fraction of sp³-hybridized carbons (Fsp3) is 0.650. The first-order chi connectivity index (χ1) is 11.2. The lowest BCUT2D eigenvalue weighted by atomic mass is 9.90. The molecular formula is C20H30N2O. The van der Waals surface area contributed by atoms with Gasteiger partial charge in [-0.25, -0.2) is 0 Å². The van der Waals surface area contributed by atoms with E-state index in [9.17, 15) is 4.79 Å². The Kier molecular flexibility index (Phi) is 5.71. The molecule has 0 spiro atoms. The lowest BCUT2D eigenvalue weighted by molar-refractivity contribution is -0.134. The summed E-state index contributed by atoms with van der Waals surface area (Å²) < 4.78 is 0. The molecule has 0 unspecified atom stereocenters. The van der Waals surface area contributed by atoms with Crippen molar-refractivity contribution in [2.45, 2.75) is 39.0 Å². The van der Waals surface area contributed by atoms with Crippen LogP contribution in [-0.4, -0.2) is 48.4 Å². The zero-order valence-corrected chi connectivity index (χ0v) is 14.4. The second kappa shape index (κ2) is 7.96. The first kappa shape index (κ1) is 16.5. The van der Waals surface area contributed by atoms with Crippen LogP contribution in [0.25, 0.3) is 0 Å². The van der Waals surface area contributed by atoms with Crippen molar-refractivity contribution in [1.82, 2.24) is 9.80 Å². The summed E-state index contributed by atoms with van der Waals surface area (Å²) in [5.41, 5.74) is 1.45. The van der Waals surface area contributed by atoms with E-state index in [1.165, 1.54) is 37.7 Å². The zero-order chi connectivity index (χ0) is 16.1. The molecule has 2 aliphatic heterocycles. The molecule has 0 bridgehead atoms. The van der Waals surface area contributed by atoms with Crippen LogP contribution in [-0.2, 0) is 11.2 Å². The Morgan fingerprint density at radius 3 is 2.30 bits per heavy atom. The fourth-order valence-electron chi connectivity index (χ4n) is 3.85. The molecule has 0 aromatic heterocycles. The van der Waals surface area contributed by atoms with Crippen LogP contribution in [0, 0.1) is 11.8 Å². The number of piperidine rings is 2. The van der Waals surface area contributed by atoms with Gasteiger partial charge in [0.05, 0.1) is 6.54 Å². The number of hydrogen-bond acceptors (Lipinski definition) is 2. The molecule has 3 rings (SSSR count). The van der Waals surface area contributed by atoms with E-state index in [4.69, 9.17) is 0 Å². The number of benzene rings is 1. The quantitative estimate of drug-likeness (QED) is 0.852. The maximum Gasteiger partial charge on any atom is 0.236 e. The van der Waals surface area contributed by atoms with E-state index >= 15 is 0 Å². The molecule has 0 radical (unpaired) electrons. The smallest absolute Gasteiger partial charge is 0.236 e. The Bertz CT molecular complexity index is 486. The van der Waals surface area contributed by atoms with Crippen molar-refractivity contribution in [3.05, 3.63) is 35.9 Å². The molecule has 2 fully saturated rings. The second-order valence-electron chi connectivity index (χ2n) is 7.47. The molecule has 0 atom stereocenters. The number of amides is 1. The number of carbonyl (C=O) groups excluding carboxylic acids is 1. The van der Waals surface area contributed by atoms with Crippen molar-refractivity contribution in [2.75, 3.05) is 32.7 Å². The van der Waals surface area contributed by atoms with Crippen LogP contribution in [0.4, 0.5) is 0 Å². The Balaban J connectivity index is 1.40. The van der Waals surface area contributed by atoms with Crippen molar-refractivity contribution in [2.24, 2.45) is 11.8 Å². The first-order valence-electron chi connectivity index (χ1n) is 9.25. The third kappa shape index (κ3) is 4.81. The van der Waals surface area contributed by atoms with Gasteiger partial charge in [0.2, 0.25) is 5.91 Å². The van der Waals surface area contributed by atoms with Crippen LogP contribution in [0.5, 0.6) is 0 Å². The van der Waals surface area contributed by atoms with Gasteiger partial charge in [-0.1, -0.05) is 37.3 Å². The van der Waals surface area contributed by atoms with Gasteiger partial charge in [0, 0.05) is 13.1 Å². The highest BCUT2D eigenvalue weighted by Crippen LogP contribution is 2.22. The van der Waals surface area contributed by atoms with Crippen LogP contribution in [0.3, 0.4) is 0 Å². The Hall–Kier alpha value is -1.35. The third-order valence-electron chi connectivity index (χ3n) is 5.57. The summed E-state index contributed by atoms with van der Waals surface area (Å²) in [5, 5.41) is 0. The summed E-state index contributed by atoms with van der Waals surface area (Å²) in [6.45, 7) is 7.00. The molecule has 2 saturated heterocycles. The highest BCUT2D eigenvalue weighted by Gasteiger charge is 2.25. The molecule has 2 aliphatic rings. The van der Waals surface area contributed by atoms with Gasteiger partial charge < -0.3 is 4.90 Å². The van der Waals surface area contributed by atoms with Gasteiger partial charge in [-0.3, -0.25) is 9.69 Å². The summed E-state index contributed by atoms with van der Waals surface area (Å²) in [4.78, 5) is 16.9. The Labute approximate surface area is 140 Å². The molecule has 1 aromatic carbocycles. The second-order valence-corrected chi connectivity index (χ2v) is 7.47. The van der Waals surface area contributed by atoms with Gasteiger partial charge in [-0.05, 0) is 62.6 Å². The topological polar surface area (TPSA) is 23.6 Å². The van der Waals surface area contributed by atoms with Gasteiger partial charge in [0.25, 0.3) is 0 Å². The fourth-order valence-corrected chi connectivity index (χ4v) is 3.85. The molecule has 2 heterocycles. The molecule has 3 heteroatoms. The van der Waals surface area contributed by atoms with E-state index in [1.54, 1.807) is 0 Å². The lowest BCUT2D eigenvalue weighted by Gasteiger charge is -2.35. The first-order valence-corrected chi connectivity index (χ1v) is 9.25. The monoisotopic (exact) mass is 314 g/mol. The SMILES string of the molecule is CC1CCN(C(=O)CN2CCC(Cc3ccccc3)CC2)CC1. The predicted octanol–water partition coefficient (Wildman–Crippen LogP) is 3.20. The average Bonchev–Trinajstić information content (AvgIpc) is 2.58. The average molecular weight is 314 g/mol. The van der Waals surface area contributed by atoms with E-state index in [-0.39, 0.29) is 0 Å². The van der Waals surface area contributed by atoms with E-state index in [1.807, 2.05) is 0 Å². The number of carbonyl (C=O) groups is 1. The number of nitrogens with zero attached hydrogens (tertiary/aromatic N) is 2. The van der Waals surface area contributed by atoms with E-state index in [0.29, 0.717) is 12.5 Å². The summed E-state index contributed by atoms with van der Waals surface area (Å²) in [7, 11) is 0. The summed E-state index contributed by atoms with van der Waals surface area (Å²) in [6, 6.07) is 10.8. The Morgan fingerprint density at radius 1 is 1.00 bits per heavy atom. The largest absolute Gasteiger partial charge is 0.342 e.